The van der Waals surface area contributed by atoms with Gasteiger partial charge in [-0.2, -0.15) is 0 Å². The molecule has 1 aromatic carbocycles. The van der Waals surface area contributed by atoms with Crippen LogP contribution >= 0.6 is 0 Å². The topological polar surface area (TPSA) is 79.8 Å². The lowest BCUT2D eigenvalue weighted by atomic mass is 10.1. The molecule has 3 rings (SSSR count). The van der Waals surface area contributed by atoms with Gasteiger partial charge in [-0.25, -0.2) is 9.97 Å². The predicted octanol–water partition coefficient (Wildman–Crippen LogP) is 3.30. The van der Waals surface area contributed by atoms with Crippen molar-refractivity contribution in [3.05, 3.63) is 78.0 Å². The molecule has 0 aliphatic heterocycles. The molecule has 2 N–H and O–H groups in total. The van der Waals surface area contributed by atoms with Gasteiger partial charge in [0.2, 0.25) is 0 Å². The first kappa shape index (κ1) is 16.6. The SMILES string of the molecule is CCc1ccc(NC(=O)c2cnc(NCc3ccccn3)cn2)cc1. The van der Waals surface area contributed by atoms with Gasteiger partial charge in [0, 0.05) is 11.9 Å². The Labute approximate surface area is 146 Å². The average Bonchev–Trinajstić information content (AvgIpc) is 2.68. The number of nitrogens with zero attached hydrogens (tertiary/aromatic N) is 3. The van der Waals surface area contributed by atoms with E-state index in [0.29, 0.717) is 12.4 Å². The average molecular weight is 333 g/mol. The summed E-state index contributed by atoms with van der Waals surface area (Å²) < 4.78 is 0. The van der Waals surface area contributed by atoms with E-state index in [1.807, 2.05) is 42.5 Å². The van der Waals surface area contributed by atoms with Gasteiger partial charge >= 0.3 is 0 Å². The van der Waals surface area contributed by atoms with Gasteiger partial charge in [0.1, 0.15) is 11.5 Å². The molecule has 0 atom stereocenters. The van der Waals surface area contributed by atoms with Crippen LogP contribution in [0.25, 0.3) is 0 Å². The van der Waals surface area contributed by atoms with E-state index >= 15 is 0 Å². The fourth-order valence-electron chi connectivity index (χ4n) is 2.24. The van der Waals surface area contributed by atoms with Gasteiger partial charge in [-0.15, -0.1) is 0 Å². The van der Waals surface area contributed by atoms with Gasteiger partial charge in [0.25, 0.3) is 5.91 Å². The number of pyridine rings is 1. The summed E-state index contributed by atoms with van der Waals surface area (Å²) in [7, 11) is 0. The highest BCUT2D eigenvalue weighted by atomic mass is 16.1. The molecule has 0 radical (unpaired) electrons. The Morgan fingerprint density at radius 1 is 1.00 bits per heavy atom. The van der Waals surface area contributed by atoms with Crippen molar-refractivity contribution in [1.82, 2.24) is 15.0 Å². The summed E-state index contributed by atoms with van der Waals surface area (Å²) in [4.78, 5) is 24.8. The number of hydrogen-bond donors (Lipinski definition) is 2. The summed E-state index contributed by atoms with van der Waals surface area (Å²) in [6.07, 6.45) is 5.70. The highest BCUT2D eigenvalue weighted by molar-refractivity contribution is 6.02. The summed E-state index contributed by atoms with van der Waals surface area (Å²) in [5, 5.41) is 5.94. The van der Waals surface area contributed by atoms with E-state index in [1.165, 1.54) is 18.0 Å². The number of rotatable bonds is 6. The minimum absolute atomic E-state index is 0.267. The van der Waals surface area contributed by atoms with Gasteiger partial charge in [0.05, 0.1) is 24.6 Å². The molecule has 0 aliphatic carbocycles. The maximum Gasteiger partial charge on any atom is 0.275 e. The monoisotopic (exact) mass is 333 g/mol. The molecule has 0 spiro atoms. The van der Waals surface area contributed by atoms with Crippen molar-refractivity contribution in [2.24, 2.45) is 0 Å². The summed E-state index contributed by atoms with van der Waals surface area (Å²) in [6, 6.07) is 13.5. The Morgan fingerprint density at radius 3 is 2.48 bits per heavy atom. The third-order valence-corrected chi connectivity index (χ3v) is 3.68. The number of aromatic nitrogens is 3. The normalized spacial score (nSPS) is 10.3. The second-order valence-electron chi connectivity index (χ2n) is 5.47. The van der Waals surface area contributed by atoms with Crippen LogP contribution in [0.1, 0.15) is 28.7 Å². The van der Waals surface area contributed by atoms with E-state index in [1.54, 1.807) is 6.20 Å². The van der Waals surface area contributed by atoms with Gasteiger partial charge in [0.15, 0.2) is 0 Å². The zero-order valence-corrected chi connectivity index (χ0v) is 13.9. The molecule has 0 bridgehead atoms. The highest BCUT2D eigenvalue weighted by Gasteiger charge is 2.08. The molecule has 6 heteroatoms. The van der Waals surface area contributed by atoms with Gasteiger partial charge in [-0.1, -0.05) is 25.1 Å². The Balaban J connectivity index is 1.58. The smallest absolute Gasteiger partial charge is 0.275 e. The third kappa shape index (κ3) is 4.60. The van der Waals surface area contributed by atoms with Crippen molar-refractivity contribution >= 4 is 17.4 Å². The van der Waals surface area contributed by atoms with Crippen LogP contribution in [-0.2, 0) is 13.0 Å². The lowest BCUT2D eigenvalue weighted by Gasteiger charge is -2.07. The van der Waals surface area contributed by atoms with Crippen LogP contribution in [0.3, 0.4) is 0 Å². The van der Waals surface area contributed by atoms with Crippen LogP contribution in [0.2, 0.25) is 0 Å². The predicted molar refractivity (Wildman–Crippen MR) is 97.4 cm³/mol. The van der Waals surface area contributed by atoms with Crippen LogP contribution < -0.4 is 10.6 Å². The van der Waals surface area contributed by atoms with Crippen molar-refractivity contribution in [1.29, 1.82) is 0 Å². The van der Waals surface area contributed by atoms with E-state index in [-0.39, 0.29) is 11.6 Å². The Bertz CT molecular complexity index is 817. The third-order valence-electron chi connectivity index (χ3n) is 3.68. The molecule has 25 heavy (non-hydrogen) atoms. The number of anilines is 2. The quantitative estimate of drug-likeness (QED) is 0.723. The number of hydrogen-bond acceptors (Lipinski definition) is 5. The number of aryl methyl sites for hydroxylation is 1. The second kappa shape index (κ2) is 8.01. The highest BCUT2D eigenvalue weighted by Crippen LogP contribution is 2.11. The Morgan fingerprint density at radius 2 is 1.84 bits per heavy atom. The largest absolute Gasteiger partial charge is 0.363 e. The van der Waals surface area contributed by atoms with Crippen molar-refractivity contribution < 1.29 is 4.79 Å². The second-order valence-corrected chi connectivity index (χ2v) is 5.47. The Hall–Kier alpha value is -3.28. The lowest BCUT2D eigenvalue weighted by molar-refractivity contribution is 0.102. The first-order valence-corrected chi connectivity index (χ1v) is 8.10. The number of carbonyl (C=O) groups excluding carboxylic acids is 1. The molecular formula is C19H19N5O. The molecule has 2 aromatic heterocycles. The van der Waals surface area contributed by atoms with Crippen LogP contribution in [0.15, 0.2) is 61.1 Å². The lowest BCUT2D eigenvalue weighted by Crippen LogP contribution is -2.14. The fraction of sp³-hybridized carbons (Fsp3) is 0.158. The molecule has 0 aliphatic rings. The maximum atomic E-state index is 12.2. The summed E-state index contributed by atoms with van der Waals surface area (Å²) in [6.45, 7) is 2.64. The van der Waals surface area contributed by atoms with Gasteiger partial charge < -0.3 is 10.6 Å². The molecular weight excluding hydrogens is 314 g/mol. The van der Waals surface area contributed by atoms with E-state index in [0.717, 1.165) is 17.8 Å². The van der Waals surface area contributed by atoms with E-state index < -0.39 is 0 Å². The molecule has 0 saturated carbocycles. The van der Waals surface area contributed by atoms with Crippen LogP contribution in [0, 0.1) is 0 Å². The standard InChI is InChI=1S/C19H19N5O/c1-2-14-6-8-15(9-7-14)24-19(25)17-12-23-18(13-21-17)22-11-16-5-3-4-10-20-16/h3-10,12-13H,2,11H2,1H3,(H,22,23)(H,24,25). The molecule has 0 saturated heterocycles. The fourth-order valence-corrected chi connectivity index (χ4v) is 2.24. The van der Waals surface area contributed by atoms with Crippen molar-refractivity contribution in [3.8, 4) is 0 Å². The first-order chi connectivity index (χ1) is 12.2. The van der Waals surface area contributed by atoms with Crippen LogP contribution in [0.4, 0.5) is 11.5 Å². The first-order valence-electron chi connectivity index (χ1n) is 8.10. The minimum Gasteiger partial charge on any atom is -0.363 e. The summed E-state index contributed by atoms with van der Waals surface area (Å²) in [5.41, 5.74) is 3.13. The molecule has 6 nitrogen and oxygen atoms in total. The molecule has 0 unspecified atom stereocenters. The van der Waals surface area contributed by atoms with E-state index in [9.17, 15) is 4.79 Å². The van der Waals surface area contributed by atoms with Crippen molar-refractivity contribution in [2.45, 2.75) is 19.9 Å². The number of carbonyl (C=O) groups is 1. The molecule has 2 heterocycles. The zero-order chi connectivity index (χ0) is 17.5. The summed E-state index contributed by atoms with van der Waals surface area (Å²) in [5.74, 6) is 0.308. The van der Waals surface area contributed by atoms with Crippen molar-refractivity contribution in [3.63, 3.8) is 0 Å². The molecule has 1 amide bonds. The molecule has 3 aromatic rings. The molecule has 126 valence electrons. The zero-order valence-electron chi connectivity index (χ0n) is 13.9. The maximum absolute atomic E-state index is 12.2. The van der Waals surface area contributed by atoms with E-state index in [2.05, 4.69) is 32.5 Å². The van der Waals surface area contributed by atoms with Gasteiger partial charge in [-0.3, -0.25) is 9.78 Å². The number of amides is 1. The van der Waals surface area contributed by atoms with Crippen LogP contribution in [-0.4, -0.2) is 20.9 Å². The van der Waals surface area contributed by atoms with Gasteiger partial charge in [-0.05, 0) is 36.2 Å². The van der Waals surface area contributed by atoms with E-state index in [4.69, 9.17) is 0 Å². The Kier molecular flexibility index (Phi) is 5.31. The minimum atomic E-state index is -0.284. The molecule has 0 fully saturated rings. The summed E-state index contributed by atoms with van der Waals surface area (Å²) >= 11 is 0. The number of nitrogens with one attached hydrogen (secondary N) is 2. The number of benzene rings is 1. The van der Waals surface area contributed by atoms with Crippen molar-refractivity contribution in [2.75, 3.05) is 10.6 Å². The van der Waals surface area contributed by atoms with Crippen LogP contribution in [0.5, 0.6) is 0 Å².